The van der Waals surface area contributed by atoms with E-state index >= 15 is 0 Å². The Morgan fingerprint density at radius 2 is 1.90 bits per heavy atom. The quantitative estimate of drug-likeness (QED) is 0.790. The number of likely N-dealkylation sites (tertiary alicyclic amines) is 1. The van der Waals surface area contributed by atoms with Gasteiger partial charge in [-0.25, -0.2) is 4.79 Å². The van der Waals surface area contributed by atoms with Gasteiger partial charge in [-0.2, -0.15) is 0 Å². The third-order valence-corrected chi connectivity index (χ3v) is 6.59. The SMILES string of the molecule is O=C(O)c1ccc(CN2CC3(CC(N[C@@H]4C[C@H]4c4ccccc4)CCO3)C2)cc1. The second-order valence-electron chi connectivity index (χ2n) is 8.89. The molecule has 152 valence electrons. The fourth-order valence-electron chi connectivity index (χ4n) is 5.03. The smallest absolute Gasteiger partial charge is 0.335 e. The number of carbonyl (C=O) groups is 1. The first-order valence-electron chi connectivity index (χ1n) is 10.6. The molecule has 1 unspecified atom stereocenters. The molecule has 3 fully saturated rings. The third kappa shape index (κ3) is 4.08. The summed E-state index contributed by atoms with van der Waals surface area (Å²) in [5, 5.41) is 12.9. The van der Waals surface area contributed by atoms with Gasteiger partial charge in [-0.15, -0.1) is 0 Å². The number of rotatable bonds is 6. The number of carboxylic acids is 1. The molecule has 1 spiro atoms. The zero-order valence-electron chi connectivity index (χ0n) is 16.6. The van der Waals surface area contributed by atoms with Gasteiger partial charge in [0.1, 0.15) is 0 Å². The van der Waals surface area contributed by atoms with Gasteiger partial charge < -0.3 is 15.2 Å². The summed E-state index contributed by atoms with van der Waals surface area (Å²) in [6.07, 6.45) is 3.42. The van der Waals surface area contributed by atoms with E-state index in [0.29, 0.717) is 23.6 Å². The minimum absolute atomic E-state index is 0.00590. The Balaban J connectivity index is 1.11. The molecule has 2 aliphatic heterocycles. The molecule has 1 aliphatic carbocycles. The van der Waals surface area contributed by atoms with Gasteiger partial charge in [-0.3, -0.25) is 4.90 Å². The van der Waals surface area contributed by atoms with Crippen molar-refractivity contribution in [2.45, 2.75) is 49.4 Å². The Labute approximate surface area is 171 Å². The lowest BCUT2D eigenvalue weighted by Crippen LogP contribution is -2.66. The van der Waals surface area contributed by atoms with Crippen LogP contribution in [0.4, 0.5) is 0 Å². The van der Waals surface area contributed by atoms with E-state index in [-0.39, 0.29) is 5.60 Å². The van der Waals surface area contributed by atoms with Crippen molar-refractivity contribution < 1.29 is 14.6 Å². The lowest BCUT2D eigenvalue weighted by atomic mass is 9.83. The van der Waals surface area contributed by atoms with Gasteiger partial charge in [0.05, 0.1) is 11.2 Å². The zero-order chi connectivity index (χ0) is 19.8. The minimum Gasteiger partial charge on any atom is -0.478 e. The van der Waals surface area contributed by atoms with Crippen LogP contribution in [-0.4, -0.2) is 53.4 Å². The van der Waals surface area contributed by atoms with Gasteiger partial charge in [0.15, 0.2) is 0 Å². The van der Waals surface area contributed by atoms with Crippen LogP contribution in [0, 0.1) is 0 Å². The molecule has 1 saturated carbocycles. The normalized spacial score (nSPS) is 28.1. The van der Waals surface area contributed by atoms with E-state index in [9.17, 15) is 4.79 Å². The molecule has 2 aromatic rings. The van der Waals surface area contributed by atoms with E-state index in [1.807, 2.05) is 12.1 Å². The monoisotopic (exact) mass is 392 g/mol. The number of hydrogen-bond donors (Lipinski definition) is 2. The maximum Gasteiger partial charge on any atom is 0.335 e. The van der Waals surface area contributed by atoms with Crippen LogP contribution in [0.1, 0.15) is 46.7 Å². The Bertz CT molecular complexity index is 861. The van der Waals surface area contributed by atoms with Gasteiger partial charge >= 0.3 is 5.97 Å². The number of aromatic carboxylic acids is 1. The fourth-order valence-corrected chi connectivity index (χ4v) is 5.03. The molecule has 0 radical (unpaired) electrons. The van der Waals surface area contributed by atoms with Crippen molar-refractivity contribution >= 4 is 5.97 Å². The fraction of sp³-hybridized carbons (Fsp3) is 0.458. The molecule has 2 aromatic carbocycles. The molecule has 2 N–H and O–H groups in total. The van der Waals surface area contributed by atoms with Crippen LogP contribution in [0.2, 0.25) is 0 Å². The average molecular weight is 392 g/mol. The molecule has 0 bridgehead atoms. The highest BCUT2D eigenvalue weighted by Gasteiger charge is 2.49. The minimum atomic E-state index is -0.876. The number of benzene rings is 2. The van der Waals surface area contributed by atoms with Crippen LogP contribution in [0.3, 0.4) is 0 Å². The van der Waals surface area contributed by atoms with Gasteiger partial charge in [0, 0.05) is 44.2 Å². The summed E-state index contributed by atoms with van der Waals surface area (Å²) in [5.41, 5.74) is 2.94. The first-order chi connectivity index (χ1) is 14.1. The third-order valence-electron chi connectivity index (χ3n) is 6.59. The molecular formula is C24H28N2O3. The van der Waals surface area contributed by atoms with Crippen molar-refractivity contribution in [2.24, 2.45) is 0 Å². The van der Waals surface area contributed by atoms with E-state index in [1.165, 1.54) is 12.0 Å². The molecule has 5 heteroatoms. The standard InChI is InChI=1S/C24H28N2O3/c27-23(28)19-8-6-17(7-9-19)14-26-15-24(16-26)13-20(10-11-29-24)25-22-12-21(22)18-4-2-1-3-5-18/h1-9,20-22,25H,10-16H2,(H,27,28)/t20?,21-,22+/m0/s1. The predicted molar refractivity (Wildman–Crippen MR) is 111 cm³/mol. The first kappa shape index (κ1) is 18.8. The number of carboxylic acid groups (broad SMARTS) is 1. The summed E-state index contributed by atoms with van der Waals surface area (Å²) in [6.45, 7) is 3.60. The molecule has 2 saturated heterocycles. The number of nitrogens with zero attached hydrogens (tertiary/aromatic N) is 1. The molecule has 3 aliphatic rings. The number of hydrogen-bond acceptors (Lipinski definition) is 4. The van der Waals surface area contributed by atoms with Crippen LogP contribution >= 0.6 is 0 Å². The Morgan fingerprint density at radius 1 is 1.14 bits per heavy atom. The molecule has 0 aromatic heterocycles. The van der Waals surface area contributed by atoms with Crippen molar-refractivity contribution in [3.63, 3.8) is 0 Å². The number of nitrogens with one attached hydrogen (secondary N) is 1. The van der Waals surface area contributed by atoms with Gasteiger partial charge in [0.2, 0.25) is 0 Å². The summed E-state index contributed by atoms with van der Waals surface area (Å²) in [4.78, 5) is 13.4. The predicted octanol–water partition coefficient (Wildman–Crippen LogP) is 3.26. The topological polar surface area (TPSA) is 61.8 Å². The molecule has 5 rings (SSSR count). The highest BCUT2D eigenvalue weighted by Crippen LogP contribution is 2.42. The van der Waals surface area contributed by atoms with Crippen LogP contribution in [-0.2, 0) is 11.3 Å². The van der Waals surface area contributed by atoms with E-state index in [1.54, 1.807) is 12.1 Å². The molecule has 0 amide bonds. The molecular weight excluding hydrogens is 364 g/mol. The van der Waals surface area contributed by atoms with E-state index in [2.05, 4.69) is 40.5 Å². The summed E-state index contributed by atoms with van der Waals surface area (Å²) in [5.74, 6) is -0.208. The van der Waals surface area contributed by atoms with Crippen molar-refractivity contribution in [2.75, 3.05) is 19.7 Å². The molecule has 5 nitrogen and oxygen atoms in total. The van der Waals surface area contributed by atoms with Gasteiger partial charge in [-0.1, -0.05) is 42.5 Å². The summed E-state index contributed by atoms with van der Waals surface area (Å²) in [7, 11) is 0. The summed E-state index contributed by atoms with van der Waals surface area (Å²) < 4.78 is 6.20. The van der Waals surface area contributed by atoms with E-state index in [0.717, 1.165) is 44.6 Å². The van der Waals surface area contributed by atoms with E-state index in [4.69, 9.17) is 9.84 Å². The highest BCUT2D eigenvalue weighted by atomic mass is 16.5. The van der Waals surface area contributed by atoms with Gasteiger partial charge in [0.25, 0.3) is 0 Å². The lowest BCUT2D eigenvalue weighted by molar-refractivity contribution is -0.174. The van der Waals surface area contributed by atoms with Crippen LogP contribution < -0.4 is 5.32 Å². The van der Waals surface area contributed by atoms with E-state index < -0.39 is 5.97 Å². The number of ether oxygens (including phenoxy) is 1. The Hall–Kier alpha value is -2.21. The maximum absolute atomic E-state index is 11.0. The van der Waals surface area contributed by atoms with Crippen molar-refractivity contribution in [1.29, 1.82) is 0 Å². The highest BCUT2D eigenvalue weighted by molar-refractivity contribution is 5.87. The summed E-state index contributed by atoms with van der Waals surface area (Å²) in [6, 6.07) is 19.2. The van der Waals surface area contributed by atoms with Crippen LogP contribution in [0.15, 0.2) is 54.6 Å². The maximum atomic E-state index is 11.0. The molecule has 29 heavy (non-hydrogen) atoms. The largest absolute Gasteiger partial charge is 0.478 e. The van der Waals surface area contributed by atoms with Crippen molar-refractivity contribution in [3.8, 4) is 0 Å². The molecule has 3 atom stereocenters. The summed E-state index contributed by atoms with van der Waals surface area (Å²) >= 11 is 0. The molecule has 2 heterocycles. The zero-order valence-corrected chi connectivity index (χ0v) is 16.6. The average Bonchev–Trinajstić information content (AvgIpc) is 3.47. The van der Waals surface area contributed by atoms with Crippen molar-refractivity contribution in [3.05, 3.63) is 71.3 Å². The van der Waals surface area contributed by atoms with Crippen LogP contribution in [0.5, 0.6) is 0 Å². The Morgan fingerprint density at radius 3 is 2.62 bits per heavy atom. The van der Waals surface area contributed by atoms with Gasteiger partial charge in [-0.05, 0) is 42.5 Å². The lowest BCUT2D eigenvalue weighted by Gasteiger charge is -2.53. The second-order valence-corrected chi connectivity index (χ2v) is 8.89. The van der Waals surface area contributed by atoms with Crippen molar-refractivity contribution in [1.82, 2.24) is 10.2 Å². The van der Waals surface area contributed by atoms with Crippen LogP contribution in [0.25, 0.3) is 0 Å². The first-order valence-corrected chi connectivity index (χ1v) is 10.6. The Kier molecular flexibility index (Phi) is 4.90. The second kappa shape index (κ2) is 7.56.